The zero-order valence-electron chi connectivity index (χ0n) is 20.9. The number of nitrogens with zero attached hydrogens (tertiary/aromatic N) is 2. The Balaban J connectivity index is 1.38. The Labute approximate surface area is 212 Å². The first-order valence-corrected chi connectivity index (χ1v) is 12.7. The van der Waals surface area contributed by atoms with E-state index in [4.69, 9.17) is 4.74 Å². The van der Waals surface area contributed by atoms with Crippen LogP contribution in [0.4, 0.5) is 10.5 Å². The standard InChI is InChI=1S/C30H34N2O4/c1-20-25(29-23-12-13-24(29)19-31(18-23)16-21-7-4-3-5-8-21)9-6-10-26(20)32(30(34)35)17-22-11-14-28(36-2)27(33)15-22/h3-11,14-15,23-24,29,33H,12-13,16-19H2,1-2H3,(H,34,35). The molecule has 2 fully saturated rings. The van der Waals surface area contributed by atoms with Crippen LogP contribution in [-0.4, -0.2) is 41.4 Å². The van der Waals surface area contributed by atoms with Crippen molar-refractivity contribution < 1.29 is 19.7 Å². The van der Waals surface area contributed by atoms with Crippen LogP contribution < -0.4 is 9.64 Å². The highest BCUT2D eigenvalue weighted by Crippen LogP contribution is 2.50. The summed E-state index contributed by atoms with van der Waals surface area (Å²) in [6, 6.07) is 21.8. The Morgan fingerprint density at radius 2 is 1.72 bits per heavy atom. The predicted molar refractivity (Wildman–Crippen MR) is 141 cm³/mol. The maximum Gasteiger partial charge on any atom is 0.412 e. The van der Waals surface area contributed by atoms with Crippen LogP contribution in [0.2, 0.25) is 0 Å². The molecule has 5 rings (SSSR count). The molecule has 2 aliphatic rings. The highest BCUT2D eigenvalue weighted by Gasteiger charge is 2.43. The molecule has 3 aromatic rings. The molecule has 36 heavy (non-hydrogen) atoms. The van der Waals surface area contributed by atoms with Gasteiger partial charge in [0.15, 0.2) is 11.5 Å². The molecule has 1 aliphatic heterocycles. The Morgan fingerprint density at radius 3 is 2.36 bits per heavy atom. The van der Waals surface area contributed by atoms with Crippen LogP contribution in [0.5, 0.6) is 11.5 Å². The minimum absolute atomic E-state index is 0.00430. The summed E-state index contributed by atoms with van der Waals surface area (Å²) in [5.74, 6) is 1.99. The molecular weight excluding hydrogens is 452 g/mol. The number of anilines is 1. The molecule has 6 nitrogen and oxygen atoms in total. The summed E-state index contributed by atoms with van der Waals surface area (Å²) in [7, 11) is 1.49. The monoisotopic (exact) mass is 486 g/mol. The van der Waals surface area contributed by atoms with E-state index in [-0.39, 0.29) is 12.3 Å². The summed E-state index contributed by atoms with van der Waals surface area (Å²) < 4.78 is 5.12. The summed E-state index contributed by atoms with van der Waals surface area (Å²) in [6.07, 6.45) is 1.43. The zero-order valence-corrected chi connectivity index (χ0v) is 20.9. The molecule has 2 atom stereocenters. The molecular formula is C30H34N2O4. The number of hydrogen-bond acceptors (Lipinski definition) is 4. The number of methoxy groups -OCH3 is 1. The summed E-state index contributed by atoms with van der Waals surface area (Å²) in [6.45, 7) is 5.35. The van der Waals surface area contributed by atoms with Gasteiger partial charge in [-0.2, -0.15) is 0 Å². The van der Waals surface area contributed by atoms with Gasteiger partial charge in [0.25, 0.3) is 0 Å². The number of phenols is 1. The Bertz CT molecular complexity index is 1210. The molecule has 0 radical (unpaired) electrons. The van der Waals surface area contributed by atoms with Gasteiger partial charge >= 0.3 is 6.09 Å². The molecule has 1 saturated heterocycles. The number of benzene rings is 3. The van der Waals surface area contributed by atoms with E-state index in [2.05, 4.69) is 48.2 Å². The van der Waals surface area contributed by atoms with Crippen molar-refractivity contribution in [2.45, 2.75) is 38.8 Å². The van der Waals surface area contributed by atoms with Gasteiger partial charge in [0.05, 0.1) is 19.3 Å². The number of amides is 1. The van der Waals surface area contributed by atoms with E-state index in [0.29, 0.717) is 34.8 Å². The van der Waals surface area contributed by atoms with Crippen LogP contribution in [0.25, 0.3) is 0 Å². The smallest absolute Gasteiger partial charge is 0.412 e. The molecule has 188 valence electrons. The number of aromatic hydroxyl groups is 1. The number of phenolic OH excluding ortho intramolecular Hbond substituents is 1. The molecule has 1 saturated carbocycles. The fourth-order valence-corrected chi connectivity index (χ4v) is 6.36. The van der Waals surface area contributed by atoms with E-state index < -0.39 is 6.09 Å². The summed E-state index contributed by atoms with van der Waals surface area (Å²) in [4.78, 5) is 16.3. The molecule has 6 heteroatoms. The van der Waals surface area contributed by atoms with Gasteiger partial charge in [0.1, 0.15) is 0 Å². The second-order valence-corrected chi connectivity index (χ2v) is 10.2. The van der Waals surface area contributed by atoms with Crippen LogP contribution in [0.1, 0.15) is 41.0 Å². The number of piperidine rings is 1. The van der Waals surface area contributed by atoms with Crippen molar-refractivity contribution in [2.24, 2.45) is 11.8 Å². The number of carbonyl (C=O) groups is 1. The van der Waals surface area contributed by atoms with Crippen LogP contribution >= 0.6 is 0 Å². The molecule has 0 spiro atoms. The minimum atomic E-state index is -1.01. The quantitative estimate of drug-likeness (QED) is 0.427. The third-order valence-electron chi connectivity index (χ3n) is 7.97. The van der Waals surface area contributed by atoms with Gasteiger partial charge in [-0.05, 0) is 78.0 Å². The second-order valence-electron chi connectivity index (χ2n) is 10.2. The van der Waals surface area contributed by atoms with E-state index in [9.17, 15) is 15.0 Å². The highest BCUT2D eigenvalue weighted by molar-refractivity contribution is 5.87. The summed E-state index contributed by atoms with van der Waals surface area (Å²) in [5, 5.41) is 20.3. The summed E-state index contributed by atoms with van der Waals surface area (Å²) >= 11 is 0. The number of hydrogen-bond donors (Lipinski definition) is 2. The lowest BCUT2D eigenvalue weighted by molar-refractivity contribution is 0.138. The number of ether oxygens (including phenoxy) is 1. The molecule has 3 aromatic carbocycles. The number of fused-ring (bicyclic) bond motifs is 2. The van der Waals surface area contributed by atoms with E-state index in [0.717, 1.165) is 25.2 Å². The Kier molecular flexibility index (Phi) is 6.88. The third-order valence-corrected chi connectivity index (χ3v) is 7.97. The average molecular weight is 487 g/mol. The lowest BCUT2D eigenvalue weighted by Crippen LogP contribution is -2.40. The van der Waals surface area contributed by atoms with Crippen molar-refractivity contribution in [1.82, 2.24) is 4.90 Å². The van der Waals surface area contributed by atoms with Gasteiger partial charge < -0.3 is 14.9 Å². The van der Waals surface area contributed by atoms with E-state index in [1.165, 1.54) is 36.0 Å². The maximum absolute atomic E-state index is 12.3. The first kappa shape index (κ1) is 24.2. The van der Waals surface area contributed by atoms with Crippen LogP contribution in [-0.2, 0) is 13.1 Å². The lowest BCUT2D eigenvalue weighted by Gasteiger charge is -2.39. The zero-order chi connectivity index (χ0) is 25.2. The van der Waals surface area contributed by atoms with Crippen molar-refractivity contribution in [3.05, 3.63) is 89.0 Å². The van der Waals surface area contributed by atoms with Gasteiger partial charge in [-0.15, -0.1) is 0 Å². The van der Waals surface area contributed by atoms with Crippen molar-refractivity contribution >= 4 is 11.8 Å². The fraction of sp³-hybridized carbons (Fsp3) is 0.367. The van der Waals surface area contributed by atoms with Gasteiger partial charge in [0.2, 0.25) is 0 Å². The largest absolute Gasteiger partial charge is 0.504 e. The van der Waals surface area contributed by atoms with E-state index in [1.807, 2.05) is 12.1 Å². The fourth-order valence-electron chi connectivity index (χ4n) is 6.36. The third kappa shape index (κ3) is 4.78. The Hall–Kier alpha value is -3.51. The van der Waals surface area contributed by atoms with Crippen LogP contribution in [0.15, 0.2) is 66.7 Å². The number of likely N-dealkylation sites (tertiary alicyclic amines) is 1. The SMILES string of the molecule is COc1ccc(CN(C(=O)O)c2cccc(C3C4CCC3CN(Cc3ccccc3)C4)c2C)cc1O. The van der Waals surface area contributed by atoms with Gasteiger partial charge in [-0.1, -0.05) is 48.5 Å². The van der Waals surface area contributed by atoms with Gasteiger partial charge in [0, 0.05) is 19.6 Å². The predicted octanol–water partition coefficient (Wildman–Crippen LogP) is 6.02. The molecule has 1 amide bonds. The molecule has 1 heterocycles. The summed E-state index contributed by atoms with van der Waals surface area (Å²) in [5.41, 5.74) is 5.09. The average Bonchev–Trinajstić information content (AvgIpc) is 3.13. The number of rotatable bonds is 7. The van der Waals surface area contributed by atoms with Crippen molar-refractivity contribution in [3.63, 3.8) is 0 Å². The van der Waals surface area contributed by atoms with Crippen LogP contribution in [0.3, 0.4) is 0 Å². The van der Waals surface area contributed by atoms with Crippen molar-refractivity contribution in [3.8, 4) is 11.5 Å². The minimum Gasteiger partial charge on any atom is -0.504 e. The number of carboxylic acid groups (broad SMARTS) is 1. The Morgan fingerprint density at radius 1 is 1.00 bits per heavy atom. The lowest BCUT2D eigenvalue weighted by atomic mass is 9.78. The molecule has 2 bridgehead atoms. The molecule has 2 unspecified atom stereocenters. The molecule has 2 N–H and O–H groups in total. The first-order chi connectivity index (χ1) is 17.4. The van der Waals surface area contributed by atoms with E-state index in [1.54, 1.807) is 18.2 Å². The first-order valence-electron chi connectivity index (χ1n) is 12.7. The highest BCUT2D eigenvalue weighted by atomic mass is 16.5. The van der Waals surface area contributed by atoms with E-state index >= 15 is 0 Å². The van der Waals surface area contributed by atoms with Gasteiger partial charge in [-0.25, -0.2) is 4.79 Å². The topological polar surface area (TPSA) is 73.2 Å². The second kappa shape index (κ2) is 10.2. The molecule has 1 aliphatic carbocycles. The van der Waals surface area contributed by atoms with Crippen molar-refractivity contribution in [2.75, 3.05) is 25.1 Å². The van der Waals surface area contributed by atoms with Crippen LogP contribution in [0, 0.1) is 18.8 Å². The maximum atomic E-state index is 12.3. The van der Waals surface area contributed by atoms with Gasteiger partial charge in [-0.3, -0.25) is 9.80 Å². The normalized spacial score (nSPS) is 21.3. The van der Waals surface area contributed by atoms with Crippen molar-refractivity contribution in [1.29, 1.82) is 0 Å². The molecule has 0 aromatic heterocycles.